The first kappa shape index (κ1) is 14.0. The van der Waals surface area contributed by atoms with E-state index in [2.05, 4.69) is 10.3 Å². The van der Waals surface area contributed by atoms with Gasteiger partial charge in [-0.1, -0.05) is 0 Å². The van der Waals surface area contributed by atoms with Gasteiger partial charge in [-0.3, -0.25) is 10.1 Å². The average Bonchev–Trinajstić information content (AvgIpc) is 2.68. The van der Waals surface area contributed by atoms with Crippen LogP contribution in [0, 0.1) is 30.9 Å². The third-order valence-corrected chi connectivity index (χ3v) is 3.19. The largest absolute Gasteiger partial charge is 0.466 e. The molecule has 0 aliphatic rings. The Kier molecular flexibility index (Phi) is 3.74. The maximum absolute atomic E-state index is 10.8. The van der Waals surface area contributed by atoms with Crippen molar-refractivity contribution >= 4 is 11.5 Å². The van der Waals surface area contributed by atoms with Gasteiger partial charge in [0.05, 0.1) is 11.0 Å². The van der Waals surface area contributed by atoms with E-state index in [4.69, 9.17) is 4.42 Å². The molecule has 2 aromatic heterocycles. The predicted molar refractivity (Wildman–Crippen MR) is 75.8 cm³/mol. The van der Waals surface area contributed by atoms with Crippen LogP contribution in [0.15, 0.2) is 22.7 Å². The van der Waals surface area contributed by atoms with Gasteiger partial charge in [0.15, 0.2) is 0 Å². The summed E-state index contributed by atoms with van der Waals surface area (Å²) in [6.07, 6.45) is 1.28. The topological polar surface area (TPSA) is 81.2 Å². The molecule has 0 amide bonds. The number of hydrogen-bond acceptors (Lipinski definition) is 5. The van der Waals surface area contributed by atoms with Crippen molar-refractivity contribution in [1.29, 1.82) is 0 Å². The van der Waals surface area contributed by atoms with E-state index >= 15 is 0 Å². The molecule has 2 heterocycles. The Hall–Kier alpha value is -2.37. The molecule has 0 spiro atoms. The molecule has 6 nitrogen and oxygen atoms in total. The highest BCUT2D eigenvalue weighted by Gasteiger charge is 2.15. The molecule has 2 aromatic rings. The smallest absolute Gasteiger partial charge is 0.290 e. The van der Waals surface area contributed by atoms with Crippen LogP contribution in [-0.4, -0.2) is 9.91 Å². The first-order valence-electron chi connectivity index (χ1n) is 6.33. The second kappa shape index (κ2) is 5.32. The summed E-state index contributed by atoms with van der Waals surface area (Å²) >= 11 is 0. The minimum atomic E-state index is -0.431. The van der Waals surface area contributed by atoms with Crippen molar-refractivity contribution in [2.75, 3.05) is 5.32 Å². The van der Waals surface area contributed by atoms with Crippen LogP contribution >= 0.6 is 0 Å². The van der Waals surface area contributed by atoms with E-state index in [-0.39, 0.29) is 11.7 Å². The fourth-order valence-electron chi connectivity index (χ4n) is 2.20. The van der Waals surface area contributed by atoms with Gasteiger partial charge in [0.1, 0.15) is 23.5 Å². The summed E-state index contributed by atoms with van der Waals surface area (Å²) in [5.74, 6) is 2.33. The predicted octanol–water partition coefficient (Wildman–Crippen LogP) is 3.68. The van der Waals surface area contributed by atoms with Crippen LogP contribution in [0.1, 0.15) is 35.6 Å². The van der Waals surface area contributed by atoms with E-state index in [1.54, 1.807) is 13.0 Å². The lowest BCUT2D eigenvalue weighted by Gasteiger charge is -2.14. The van der Waals surface area contributed by atoms with Crippen molar-refractivity contribution in [3.8, 4) is 0 Å². The number of nitrogens with zero attached hydrogens (tertiary/aromatic N) is 2. The molecule has 6 heteroatoms. The molecule has 0 aliphatic heterocycles. The van der Waals surface area contributed by atoms with E-state index in [0.29, 0.717) is 11.4 Å². The van der Waals surface area contributed by atoms with E-state index in [1.807, 2.05) is 26.8 Å². The highest BCUT2D eigenvalue weighted by atomic mass is 16.6. The first-order valence-corrected chi connectivity index (χ1v) is 6.33. The summed E-state index contributed by atoms with van der Waals surface area (Å²) < 4.78 is 5.50. The third-order valence-electron chi connectivity index (χ3n) is 3.19. The number of anilines is 1. The Balaban J connectivity index is 2.20. The number of nitrogens with one attached hydrogen (secondary N) is 1. The van der Waals surface area contributed by atoms with Gasteiger partial charge in [-0.2, -0.15) is 0 Å². The van der Waals surface area contributed by atoms with Crippen molar-refractivity contribution in [1.82, 2.24) is 4.98 Å². The number of aryl methyl sites for hydroxylation is 3. The molecule has 0 fully saturated rings. The molecule has 0 saturated heterocycles. The Morgan fingerprint density at radius 1 is 1.35 bits per heavy atom. The number of rotatable bonds is 4. The molecular formula is C14H17N3O3. The molecular weight excluding hydrogens is 258 g/mol. The van der Waals surface area contributed by atoms with Crippen LogP contribution in [0.5, 0.6) is 0 Å². The lowest BCUT2D eigenvalue weighted by molar-refractivity contribution is -0.385. The summed E-state index contributed by atoms with van der Waals surface area (Å²) in [6.45, 7) is 7.51. The SMILES string of the molecule is Cc1cc(C(C)Nc2cc(C)c([N+](=O)[O-])cn2)c(C)o1. The molecule has 20 heavy (non-hydrogen) atoms. The number of aromatic nitrogens is 1. The van der Waals surface area contributed by atoms with Crippen molar-refractivity contribution in [2.45, 2.75) is 33.7 Å². The third kappa shape index (κ3) is 2.79. The fourth-order valence-corrected chi connectivity index (χ4v) is 2.20. The van der Waals surface area contributed by atoms with Gasteiger partial charge in [-0.15, -0.1) is 0 Å². The van der Waals surface area contributed by atoms with Crippen LogP contribution in [0.25, 0.3) is 0 Å². The molecule has 0 saturated carbocycles. The lowest BCUT2D eigenvalue weighted by atomic mass is 10.1. The average molecular weight is 275 g/mol. The van der Waals surface area contributed by atoms with Crippen molar-refractivity contribution < 1.29 is 9.34 Å². The Labute approximate surface area is 117 Å². The van der Waals surface area contributed by atoms with Gasteiger partial charge in [-0.25, -0.2) is 4.98 Å². The molecule has 2 rings (SSSR count). The second-order valence-corrected chi connectivity index (χ2v) is 4.85. The van der Waals surface area contributed by atoms with Crippen molar-refractivity contribution in [3.05, 3.63) is 51.1 Å². The standard InChI is InChI=1S/C14H17N3O3/c1-8-5-14(15-7-13(8)17(18)19)16-10(3)12-6-9(2)20-11(12)4/h5-7,10H,1-4H3,(H,15,16). The van der Waals surface area contributed by atoms with Crippen LogP contribution in [0.3, 0.4) is 0 Å². The molecule has 0 bridgehead atoms. The van der Waals surface area contributed by atoms with E-state index in [0.717, 1.165) is 17.1 Å². The Morgan fingerprint density at radius 3 is 2.55 bits per heavy atom. The molecule has 106 valence electrons. The van der Waals surface area contributed by atoms with Crippen LogP contribution in [0.4, 0.5) is 11.5 Å². The minimum Gasteiger partial charge on any atom is -0.466 e. The maximum Gasteiger partial charge on any atom is 0.290 e. The number of furan rings is 1. The molecule has 0 aliphatic carbocycles. The molecule has 1 atom stereocenters. The lowest BCUT2D eigenvalue weighted by Crippen LogP contribution is -2.08. The quantitative estimate of drug-likeness (QED) is 0.680. The molecule has 0 aromatic carbocycles. The zero-order chi connectivity index (χ0) is 14.9. The monoisotopic (exact) mass is 275 g/mol. The van der Waals surface area contributed by atoms with E-state index in [9.17, 15) is 10.1 Å². The van der Waals surface area contributed by atoms with Crippen molar-refractivity contribution in [2.24, 2.45) is 0 Å². The zero-order valence-corrected chi connectivity index (χ0v) is 11.9. The van der Waals surface area contributed by atoms with Gasteiger partial charge in [0.2, 0.25) is 0 Å². The summed E-state index contributed by atoms with van der Waals surface area (Å²) in [7, 11) is 0. The molecule has 1 N–H and O–H groups in total. The van der Waals surface area contributed by atoms with Gasteiger partial charge < -0.3 is 9.73 Å². The van der Waals surface area contributed by atoms with Gasteiger partial charge >= 0.3 is 0 Å². The Bertz CT molecular complexity index is 649. The minimum absolute atomic E-state index is 0.0146. The summed E-state index contributed by atoms with van der Waals surface area (Å²) in [6, 6.07) is 3.67. The van der Waals surface area contributed by atoms with E-state index < -0.39 is 4.92 Å². The molecule has 1 unspecified atom stereocenters. The van der Waals surface area contributed by atoms with Crippen LogP contribution < -0.4 is 5.32 Å². The van der Waals surface area contributed by atoms with E-state index in [1.165, 1.54) is 6.20 Å². The molecule has 0 radical (unpaired) electrons. The normalized spacial score (nSPS) is 12.2. The van der Waals surface area contributed by atoms with Crippen molar-refractivity contribution in [3.63, 3.8) is 0 Å². The number of nitro groups is 1. The van der Waals surface area contributed by atoms with Gasteiger partial charge in [0.25, 0.3) is 5.69 Å². The zero-order valence-electron chi connectivity index (χ0n) is 11.9. The fraction of sp³-hybridized carbons (Fsp3) is 0.357. The second-order valence-electron chi connectivity index (χ2n) is 4.85. The number of pyridine rings is 1. The summed E-state index contributed by atoms with van der Waals surface area (Å²) in [5.41, 5.74) is 1.67. The highest BCUT2D eigenvalue weighted by molar-refractivity contribution is 5.48. The van der Waals surface area contributed by atoms with Crippen LogP contribution in [0.2, 0.25) is 0 Å². The highest BCUT2D eigenvalue weighted by Crippen LogP contribution is 2.26. The van der Waals surface area contributed by atoms with Gasteiger partial charge in [-0.05, 0) is 39.8 Å². The van der Waals surface area contributed by atoms with Gasteiger partial charge in [0, 0.05) is 11.1 Å². The summed E-state index contributed by atoms with van der Waals surface area (Å²) in [5, 5.41) is 14.0. The summed E-state index contributed by atoms with van der Waals surface area (Å²) in [4.78, 5) is 14.4. The Morgan fingerprint density at radius 2 is 2.05 bits per heavy atom. The number of hydrogen-bond donors (Lipinski definition) is 1. The maximum atomic E-state index is 10.8. The van der Waals surface area contributed by atoms with Crippen LogP contribution in [-0.2, 0) is 0 Å². The first-order chi connectivity index (χ1) is 9.38.